The van der Waals surface area contributed by atoms with Crippen molar-refractivity contribution >= 4 is 11.9 Å². The molecule has 1 aromatic carbocycles. The van der Waals surface area contributed by atoms with Crippen LogP contribution in [0.2, 0.25) is 0 Å². The largest absolute Gasteiger partial charge is 0.295 e. The van der Waals surface area contributed by atoms with E-state index in [9.17, 15) is 18.0 Å². The number of carbonyl (C=O) groups excluding carboxylic acids is 1. The molecular weight excluding hydrogens is 193 g/mol. The van der Waals surface area contributed by atoms with Gasteiger partial charge in [-0.05, 0) is 19.1 Å². The molecule has 0 saturated carbocycles. The minimum atomic E-state index is -1.03. The molecule has 0 amide bonds. The maximum absolute atomic E-state index is 12.9. The van der Waals surface area contributed by atoms with Gasteiger partial charge in [-0.2, -0.15) is 0 Å². The summed E-state index contributed by atoms with van der Waals surface area (Å²) in [5.74, 6) is -3.38. The number of ketones is 1. The van der Waals surface area contributed by atoms with E-state index in [0.717, 1.165) is 12.2 Å². The van der Waals surface area contributed by atoms with E-state index < -0.39 is 23.0 Å². The third-order valence-electron chi connectivity index (χ3n) is 1.53. The molecule has 0 unspecified atom stereocenters. The lowest BCUT2D eigenvalue weighted by Gasteiger charge is -1.98. The average Bonchev–Trinajstić information content (AvgIpc) is 2.01. The van der Waals surface area contributed by atoms with Crippen molar-refractivity contribution in [2.75, 3.05) is 0 Å². The molecule has 4 heteroatoms. The molecule has 14 heavy (non-hydrogen) atoms. The standard InChI is InChI=1S/C10H7F3O/c1-6(14)2-3-8-9(12)4-7(11)5-10(8)13/h2-5H,1H3. The number of benzene rings is 1. The van der Waals surface area contributed by atoms with Crippen molar-refractivity contribution in [1.82, 2.24) is 0 Å². The van der Waals surface area contributed by atoms with E-state index >= 15 is 0 Å². The molecule has 0 saturated heterocycles. The van der Waals surface area contributed by atoms with E-state index in [2.05, 4.69) is 0 Å². The van der Waals surface area contributed by atoms with E-state index in [1.165, 1.54) is 6.92 Å². The van der Waals surface area contributed by atoms with Gasteiger partial charge in [0, 0.05) is 17.7 Å². The molecule has 0 atom stereocenters. The van der Waals surface area contributed by atoms with E-state index in [-0.39, 0.29) is 5.78 Å². The van der Waals surface area contributed by atoms with Gasteiger partial charge in [-0.15, -0.1) is 0 Å². The van der Waals surface area contributed by atoms with Crippen molar-refractivity contribution in [3.8, 4) is 0 Å². The molecule has 0 aliphatic rings. The summed E-state index contributed by atoms with van der Waals surface area (Å²) >= 11 is 0. The van der Waals surface area contributed by atoms with Crippen molar-refractivity contribution in [3.63, 3.8) is 0 Å². The van der Waals surface area contributed by atoms with Crippen LogP contribution in [-0.2, 0) is 4.79 Å². The number of carbonyl (C=O) groups is 1. The lowest BCUT2D eigenvalue weighted by molar-refractivity contribution is -0.112. The smallest absolute Gasteiger partial charge is 0.152 e. The van der Waals surface area contributed by atoms with Crippen molar-refractivity contribution in [2.45, 2.75) is 6.92 Å². The second-order valence-electron chi connectivity index (χ2n) is 2.73. The number of allylic oxidation sites excluding steroid dienone is 1. The minimum absolute atomic E-state index is 0.340. The highest BCUT2D eigenvalue weighted by atomic mass is 19.1. The monoisotopic (exact) mass is 200 g/mol. The van der Waals surface area contributed by atoms with Crippen molar-refractivity contribution in [2.24, 2.45) is 0 Å². The van der Waals surface area contributed by atoms with Crippen LogP contribution in [0.25, 0.3) is 6.08 Å². The van der Waals surface area contributed by atoms with Gasteiger partial charge < -0.3 is 0 Å². The van der Waals surface area contributed by atoms with Crippen LogP contribution < -0.4 is 0 Å². The Hall–Kier alpha value is -1.58. The highest BCUT2D eigenvalue weighted by Gasteiger charge is 2.08. The Morgan fingerprint density at radius 3 is 2.14 bits per heavy atom. The summed E-state index contributed by atoms with van der Waals surface area (Å²) in [6.07, 6.45) is 1.99. The quantitative estimate of drug-likeness (QED) is 0.671. The molecule has 1 rings (SSSR count). The predicted octanol–water partition coefficient (Wildman–Crippen LogP) is 2.71. The molecule has 0 heterocycles. The highest BCUT2D eigenvalue weighted by Crippen LogP contribution is 2.15. The topological polar surface area (TPSA) is 17.1 Å². The van der Waals surface area contributed by atoms with Crippen LogP contribution in [0.15, 0.2) is 18.2 Å². The number of rotatable bonds is 2. The molecular formula is C10H7F3O. The summed E-state index contributed by atoms with van der Waals surface area (Å²) in [7, 11) is 0. The number of hydrogen-bond acceptors (Lipinski definition) is 1. The fourth-order valence-electron chi connectivity index (χ4n) is 0.913. The zero-order valence-electron chi connectivity index (χ0n) is 7.35. The second-order valence-corrected chi connectivity index (χ2v) is 2.73. The van der Waals surface area contributed by atoms with Crippen LogP contribution in [0.1, 0.15) is 12.5 Å². The SMILES string of the molecule is CC(=O)C=Cc1c(F)cc(F)cc1F. The van der Waals surface area contributed by atoms with Crippen LogP contribution >= 0.6 is 0 Å². The van der Waals surface area contributed by atoms with Crippen LogP contribution in [0.3, 0.4) is 0 Å². The van der Waals surface area contributed by atoms with Crippen LogP contribution in [0.4, 0.5) is 13.2 Å². The maximum atomic E-state index is 12.9. The van der Waals surface area contributed by atoms with E-state index in [1.807, 2.05) is 0 Å². The van der Waals surface area contributed by atoms with Gasteiger partial charge in [-0.25, -0.2) is 13.2 Å². The van der Waals surface area contributed by atoms with Crippen LogP contribution in [-0.4, -0.2) is 5.78 Å². The van der Waals surface area contributed by atoms with Gasteiger partial charge >= 0.3 is 0 Å². The van der Waals surface area contributed by atoms with Gasteiger partial charge in [0.15, 0.2) is 5.78 Å². The van der Waals surface area contributed by atoms with Crippen molar-refractivity contribution < 1.29 is 18.0 Å². The first-order valence-electron chi connectivity index (χ1n) is 3.84. The molecule has 0 radical (unpaired) electrons. The Morgan fingerprint density at radius 1 is 1.21 bits per heavy atom. The summed E-state index contributed by atoms with van der Waals surface area (Å²) in [5, 5.41) is 0. The first kappa shape index (κ1) is 10.5. The zero-order chi connectivity index (χ0) is 10.7. The molecule has 0 spiro atoms. The Kier molecular flexibility index (Phi) is 3.06. The van der Waals surface area contributed by atoms with Crippen LogP contribution in [0, 0.1) is 17.5 Å². The van der Waals surface area contributed by atoms with E-state index in [0.29, 0.717) is 12.1 Å². The van der Waals surface area contributed by atoms with Crippen LogP contribution in [0.5, 0.6) is 0 Å². The first-order valence-corrected chi connectivity index (χ1v) is 3.84. The molecule has 0 aromatic heterocycles. The Bertz CT molecular complexity index is 373. The molecule has 0 bridgehead atoms. The lowest BCUT2D eigenvalue weighted by atomic mass is 10.1. The van der Waals surface area contributed by atoms with Crippen molar-refractivity contribution in [3.05, 3.63) is 41.2 Å². The van der Waals surface area contributed by atoms with Gasteiger partial charge in [0.05, 0.1) is 0 Å². The summed E-state index contributed by atoms with van der Waals surface area (Å²) < 4.78 is 38.3. The van der Waals surface area contributed by atoms with Crippen molar-refractivity contribution in [1.29, 1.82) is 0 Å². The number of hydrogen-bond donors (Lipinski definition) is 0. The normalized spacial score (nSPS) is 10.9. The lowest BCUT2D eigenvalue weighted by Crippen LogP contribution is -1.92. The summed E-state index contributed by atoms with van der Waals surface area (Å²) in [4.78, 5) is 10.5. The van der Waals surface area contributed by atoms with Gasteiger partial charge in [-0.1, -0.05) is 0 Å². The number of halogens is 3. The van der Waals surface area contributed by atoms with E-state index in [1.54, 1.807) is 0 Å². The second kappa shape index (κ2) is 4.09. The Labute approximate surface area is 78.9 Å². The molecule has 1 aromatic rings. The molecule has 0 fully saturated rings. The predicted molar refractivity (Wildman–Crippen MR) is 46.0 cm³/mol. The Morgan fingerprint density at radius 2 is 1.71 bits per heavy atom. The fourth-order valence-corrected chi connectivity index (χ4v) is 0.913. The maximum Gasteiger partial charge on any atom is 0.152 e. The molecule has 0 N–H and O–H groups in total. The molecule has 1 nitrogen and oxygen atoms in total. The van der Waals surface area contributed by atoms with E-state index in [4.69, 9.17) is 0 Å². The average molecular weight is 200 g/mol. The zero-order valence-corrected chi connectivity index (χ0v) is 7.35. The summed E-state index contributed by atoms with van der Waals surface area (Å²) in [6, 6.07) is 1.12. The van der Waals surface area contributed by atoms with Gasteiger partial charge in [0.25, 0.3) is 0 Å². The van der Waals surface area contributed by atoms with Gasteiger partial charge in [-0.3, -0.25) is 4.79 Å². The van der Waals surface area contributed by atoms with Gasteiger partial charge in [0.1, 0.15) is 17.5 Å². The fraction of sp³-hybridized carbons (Fsp3) is 0.100. The molecule has 0 aliphatic carbocycles. The minimum Gasteiger partial charge on any atom is -0.295 e. The first-order chi connectivity index (χ1) is 6.50. The third kappa shape index (κ3) is 2.45. The van der Waals surface area contributed by atoms with Gasteiger partial charge in [0.2, 0.25) is 0 Å². The summed E-state index contributed by atoms with van der Waals surface area (Å²) in [5.41, 5.74) is -0.415. The molecule has 0 aliphatic heterocycles. The Balaban J connectivity index is 3.15. The molecule has 74 valence electrons. The third-order valence-corrected chi connectivity index (χ3v) is 1.53. The summed E-state index contributed by atoms with van der Waals surface area (Å²) in [6.45, 7) is 1.25. The highest BCUT2D eigenvalue weighted by molar-refractivity contribution is 5.91.